The van der Waals surface area contributed by atoms with E-state index in [9.17, 15) is 19.4 Å². The number of likely N-dealkylation sites (N-methyl/N-ethyl adjacent to an activating group) is 1. The van der Waals surface area contributed by atoms with Gasteiger partial charge in [0.05, 0.1) is 39.9 Å². The Morgan fingerprint density at radius 2 is 1.17 bits per heavy atom. The summed E-state index contributed by atoms with van der Waals surface area (Å²) in [6, 6.07) is -0.848. The summed E-state index contributed by atoms with van der Waals surface area (Å²) >= 11 is 0. The number of quaternary nitrogens is 1. The Balaban J connectivity index is 4.59. The molecule has 0 heterocycles. The largest absolute Gasteiger partial charge is 0.472 e. The number of carbonyl (C=O) groups is 1. The van der Waals surface area contributed by atoms with Gasteiger partial charge in [0.2, 0.25) is 5.91 Å². The van der Waals surface area contributed by atoms with Gasteiger partial charge in [-0.3, -0.25) is 13.8 Å². The number of hydrogen-bond donors (Lipinski definition) is 3. The number of aliphatic hydroxyl groups excluding tert-OH is 1. The minimum Gasteiger partial charge on any atom is -0.387 e. The molecule has 0 radical (unpaired) electrons. The molecule has 0 rings (SSSR count). The van der Waals surface area contributed by atoms with Crippen molar-refractivity contribution in [3.63, 3.8) is 0 Å². The predicted octanol–water partition coefficient (Wildman–Crippen LogP) is 9.41. The second-order valence-electron chi connectivity index (χ2n) is 13.9. The number of unbranched alkanes of at least 4 members (excludes halogenated alkanes) is 18. The van der Waals surface area contributed by atoms with Crippen LogP contribution in [0, 0.1) is 0 Å². The van der Waals surface area contributed by atoms with Gasteiger partial charge in [-0.25, -0.2) is 4.57 Å². The molecule has 0 saturated carbocycles. The topological polar surface area (TPSA) is 105 Å². The highest BCUT2D eigenvalue weighted by molar-refractivity contribution is 7.47. The standard InChI is InChI=1S/C37H73N2O6P/c1-6-8-10-12-14-16-18-19-21-23-25-27-29-31-37(41)38-35(34-45-46(42,43)44-33-32-39(3,4)5)36(40)30-28-26-24-22-20-17-15-13-11-9-7-2/h19,21,28,30,35-36,40H,6-18,20,22-27,29,31-34H2,1-5H3,(H-,38,41,42,43)/p+1/b21-19-,30-28+. The van der Waals surface area contributed by atoms with Gasteiger partial charge in [-0.05, 0) is 44.9 Å². The fraction of sp³-hybridized carbons (Fsp3) is 0.865. The van der Waals surface area contributed by atoms with Gasteiger partial charge in [0.25, 0.3) is 0 Å². The Kier molecular flexibility index (Phi) is 29.4. The first-order chi connectivity index (χ1) is 22.0. The molecule has 3 unspecified atom stereocenters. The van der Waals surface area contributed by atoms with Crippen molar-refractivity contribution in [2.45, 2.75) is 167 Å². The number of amides is 1. The number of carbonyl (C=O) groups excluding carboxylic acids is 1. The molecule has 0 aromatic heterocycles. The molecule has 3 atom stereocenters. The molecule has 0 fully saturated rings. The SMILES string of the molecule is CCCCCCCC/C=C\CCCCCC(=O)NC(COP(=O)(O)OCC[N+](C)(C)C)C(O)/C=C/CCCCCCCCCCC. The van der Waals surface area contributed by atoms with E-state index in [-0.39, 0.29) is 19.1 Å². The Morgan fingerprint density at radius 1 is 0.717 bits per heavy atom. The number of hydrogen-bond acceptors (Lipinski definition) is 5. The van der Waals surface area contributed by atoms with Gasteiger partial charge >= 0.3 is 7.82 Å². The predicted molar refractivity (Wildman–Crippen MR) is 194 cm³/mol. The summed E-state index contributed by atoms with van der Waals surface area (Å²) in [5, 5.41) is 13.7. The molecule has 0 bridgehead atoms. The van der Waals surface area contributed by atoms with Crippen LogP contribution in [0.1, 0.15) is 155 Å². The second-order valence-corrected chi connectivity index (χ2v) is 15.4. The van der Waals surface area contributed by atoms with Crippen LogP contribution < -0.4 is 5.32 Å². The summed E-state index contributed by atoms with van der Waals surface area (Å²) in [6.45, 7) is 4.75. The quantitative estimate of drug-likeness (QED) is 0.0278. The maximum absolute atomic E-state index is 12.7. The minimum atomic E-state index is -4.33. The third-order valence-electron chi connectivity index (χ3n) is 8.17. The van der Waals surface area contributed by atoms with Crippen LogP contribution in [0.5, 0.6) is 0 Å². The average molecular weight is 674 g/mol. The van der Waals surface area contributed by atoms with Crippen LogP contribution >= 0.6 is 7.82 Å². The summed E-state index contributed by atoms with van der Waals surface area (Å²) in [4.78, 5) is 22.9. The highest BCUT2D eigenvalue weighted by Crippen LogP contribution is 2.43. The van der Waals surface area contributed by atoms with E-state index in [1.54, 1.807) is 6.08 Å². The Morgan fingerprint density at radius 3 is 1.67 bits per heavy atom. The minimum absolute atomic E-state index is 0.0593. The normalized spacial score (nSPS) is 15.0. The van der Waals surface area contributed by atoms with Crippen molar-refractivity contribution in [1.82, 2.24) is 5.32 Å². The van der Waals surface area contributed by atoms with Crippen molar-refractivity contribution in [3.05, 3.63) is 24.3 Å². The zero-order valence-corrected chi connectivity index (χ0v) is 31.5. The van der Waals surface area contributed by atoms with E-state index >= 15 is 0 Å². The zero-order chi connectivity index (χ0) is 34.4. The Bertz CT molecular complexity index is 814. The summed E-state index contributed by atoms with van der Waals surface area (Å²) in [5.74, 6) is -0.197. The van der Waals surface area contributed by atoms with Gasteiger partial charge in [-0.2, -0.15) is 0 Å². The summed E-state index contributed by atoms with van der Waals surface area (Å²) < 4.78 is 23.4. The van der Waals surface area contributed by atoms with Crippen LogP contribution in [-0.4, -0.2) is 73.4 Å². The number of nitrogens with zero attached hydrogens (tertiary/aromatic N) is 1. The molecule has 1 amide bonds. The average Bonchev–Trinajstić information content (AvgIpc) is 2.99. The van der Waals surface area contributed by atoms with Gasteiger partial charge < -0.3 is 19.8 Å². The number of rotatable bonds is 33. The van der Waals surface area contributed by atoms with Crippen molar-refractivity contribution in [1.29, 1.82) is 0 Å². The molecular weight excluding hydrogens is 599 g/mol. The number of allylic oxidation sites excluding steroid dienone is 3. The fourth-order valence-electron chi connectivity index (χ4n) is 5.09. The van der Waals surface area contributed by atoms with Crippen molar-refractivity contribution in [2.24, 2.45) is 0 Å². The van der Waals surface area contributed by atoms with Gasteiger partial charge in [0.15, 0.2) is 0 Å². The number of phosphoric acid groups is 1. The van der Waals surface area contributed by atoms with Gasteiger partial charge in [0, 0.05) is 6.42 Å². The zero-order valence-electron chi connectivity index (χ0n) is 30.6. The summed E-state index contributed by atoms with van der Waals surface area (Å²) in [5.41, 5.74) is 0. The lowest BCUT2D eigenvalue weighted by molar-refractivity contribution is -0.870. The highest BCUT2D eigenvalue weighted by atomic mass is 31.2. The van der Waals surface area contributed by atoms with Crippen LogP contribution in [0.2, 0.25) is 0 Å². The monoisotopic (exact) mass is 674 g/mol. The van der Waals surface area contributed by atoms with Crippen LogP contribution in [0.4, 0.5) is 0 Å². The molecule has 272 valence electrons. The lowest BCUT2D eigenvalue weighted by Gasteiger charge is -2.25. The van der Waals surface area contributed by atoms with Crippen molar-refractivity contribution < 1.29 is 32.9 Å². The van der Waals surface area contributed by atoms with Gasteiger partial charge in [-0.1, -0.05) is 128 Å². The van der Waals surface area contributed by atoms with E-state index in [1.807, 2.05) is 27.2 Å². The molecule has 0 saturated heterocycles. The number of nitrogens with one attached hydrogen (secondary N) is 1. The lowest BCUT2D eigenvalue weighted by Crippen LogP contribution is -2.45. The molecular formula is C37H74N2O6P+. The van der Waals surface area contributed by atoms with E-state index in [0.29, 0.717) is 17.4 Å². The van der Waals surface area contributed by atoms with Crippen molar-refractivity contribution in [2.75, 3.05) is 40.9 Å². The Labute approximate surface area is 284 Å². The van der Waals surface area contributed by atoms with E-state index in [4.69, 9.17) is 9.05 Å². The molecule has 8 nitrogen and oxygen atoms in total. The molecule has 0 aromatic carbocycles. The molecule has 0 aliphatic carbocycles. The van der Waals surface area contributed by atoms with Crippen molar-refractivity contribution >= 4 is 13.7 Å². The second kappa shape index (κ2) is 30.1. The molecule has 0 aliphatic heterocycles. The number of aliphatic hydroxyl groups is 1. The first-order valence-electron chi connectivity index (χ1n) is 18.7. The van der Waals surface area contributed by atoms with E-state index < -0.39 is 20.0 Å². The maximum atomic E-state index is 12.7. The van der Waals surface area contributed by atoms with Crippen LogP contribution in [0.15, 0.2) is 24.3 Å². The summed E-state index contributed by atoms with van der Waals surface area (Å²) in [7, 11) is 1.56. The molecule has 0 aromatic rings. The van der Waals surface area contributed by atoms with E-state index in [2.05, 4.69) is 31.3 Å². The number of phosphoric ester groups is 1. The van der Waals surface area contributed by atoms with Crippen LogP contribution in [-0.2, 0) is 18.4 Å². The smallest absolute Gasteiger partial charge is 0.387 e. The molecule has 46 heavy (non-hydrogen) atoms. The van der Waals surface area contributed by atoms with Crippen LogP contribution in [0.3, 0.4) is 0 Å². The third kappa shape index (κ3) is 31.6. The fourth-order valence-corrected chi connectivity index (χ4v) is 5.83. The van der Waals surface area contributed by atoms with Gasteiger partial charge in [0.1, 0.15) is 13.2 Å². The summed E-state index contributed by atoms with van der Waals surface area (Å²) in [6.07, 6.45) is 32.4. The van der Waals surface area contributed by atoms with E-state index in [1.165, 1.54) is 83.5 Å². The Hall–Kier alpha value is -1.02. The van der Waals surface area contributed by atoms with Crippen LogP contribution in [0.25, 0.3) is 0 Å². The lowest BCUT2D eigenvalue weighted by atomic mass is 10.1. The highest BCUT2D eigenvalue weighted by Gasteiger charge is 2.27. The first-order valence-corrected chi connectivity index (χ1v) is 20.2. The maximum Gasteiger partial charge on any atom is 0.472 e. The first kappa shape index (κ1) is 45.0. The molecule has 0 aliphatic rings. The van der Waals surface area contributed by atoms with Crippen molar-refractivity contribution in [3.8, 4) is 0 Å². The molecule has 0 spiro atoms. The molecule has 9 heteroatoms. The third-order valence-corrected chi connectivity index (χ3v) is 9.15. The van der Waals surface area contributed by atoms with E-state index in [0.717, 1.165) is 51.4 Å². The molecule has 3 N–H and O–H groups in total. The van der Waals surface area contributed by atoms with Gasteiger partial charge in [-0.15, -0.1) is 0 Å².